The summed E-state index contributed by atoms with van der Waals surface area (Å²) in [6.07, 6.45) is 2.44. The second-order valence-corrected chi connectivity index (χ2v) is 9.36. The molecule has 0 saturated heterocycles. The first-order valence-electron chi connectivity index (χ1n) is 12.1. The molecule has 38 heavy (non-hydrogen) atoms. The number of carbonyl (C=O) groups is 2. The maximum atomic E-state index is 15.8. The van der Waals surface area contributed by atoms with Gasteiger partial charge in [0, 0.05) is 29.6 Å². The number of benzene rings is 2. The maximum absolute atomic E-state index is 15.8. The van der Waals surface area contributed by atoms with Crippen LogP contribution in [0.3, 0.4) is 0 Å². The normalized spacial score (nSPS) is 12.4. The SMILES string of the molecule is Cc1ccc2c(c1)CCn1nc(-c3ccc(C(=O)Nc4ccc5[nH]ccc5n4)c(C)c3F)c(C(N)=O)c1N2. The summed E-state index contributed by atoms with van der Waals surface area (Å²) < 4.78 is 17.4. The van der Waals surface area contributed by atoms with Gasteiger partial charge in [-0.05, 0) is 67.8 Å². The van der Waals surface area contributed by atoms with Crippen molar-refractivity contribution >= 4 is 40.2 Å². The van der Waals surface area contributed by atoms with E-state index in [1.807, 2.05) is 19.1 Å². The molecule has 1 aliphatic rings. The summed E-state index contributed by atoms with van der Waals surface area (Å²) >= 11 is 0. The standard InChI is InChI=1S/C28H24FN7O2/c1-14-3-6-19-16(13-14)10-12-36-27(33-19)23(26(30)37)25(35-36)18-5-4-17(15(2)24(18)29)28(38)34-22-8-7-20-21(32-22)9-11-31-20/h3-9,11,13,31,33H,10,12H2,1-2H3,(H2,30,37)(H,32,34,38). The smallest absolute Gasteiger partial charge is 0.257 e. The fraction of sp³-hybridized carbons (Fsp3) is 0.143. The van der Waals surface area contributed by atoms with E-state index in [1.165, 1.54) is 19.1 Å². The number of nitrogens with two attached hydrogens (primary N) is 1. The van der Waals surface area contributed by atoms with Crippen LogP contribution in [0.25, 0.3) is 22.3 Å². The number of nitrogens with zero attached hydrogens (tertiary/aromatic N) is 3. The highest BCUT2D eigenvalue weighted by Gasteiger charge is 2.28. The van der Waals surface area contributed by atoms with E-state index in [1.54, 1.807) is 29.1 Å². The minimum atomic E-state index is -0.727. The largest absolute Gasteiger partial charge is 0.365 e. The molecule has 3 aromatic heterocycles. The van der Waals surface area contributed by atoms with Crippen LogP contribution in [0.2, 0.25) is 0 Å². The molecule has 2 aromatic carbocycles. The van der Waals surface area contributed by atoms with Crippen molar-refractivity contribution in [3.63, 3.8) is 0 Å². The Balaban J connectivity index is 1.36. The van der Waals surface area contributed by atoms with E-state index in [4.69, 9.17) is 5.73 Å². The van der Waals surface area contributed by atoms with Crippen LogP contribution in [0.4, 0.5) is 21.7 Å². The quantitative estimate of drug-likeness (QED) is 0.276. The molecule has 0 bridgehead atoms. The number of carbonyl (C=O) groups excluding carboxylic acids is 2. The lowest BCUT2D eigenvalue weighted by Gasteiger charge is -2.12. The number of hydrogen-bond acceptors (Lipinski definition) is 5. The molecular weight excluding hydrogens is 485 g/mol. The zero-order chi connectivity index (χ0) is 26.6. The van der Waals surface area contributed by atoms with E-state index >= 15 is 4.39 Å². The first kappa shape index (κ1) is 23.4. The van der Waals surface area contributed by atoms with E-state index in [2.05, 4.69) is 31.8 Å². The summed E-state index contributed by atoms with van der Waals surface area (Å²) in [6, 6.07) is 14.2. The van der Waals surface area contributed by atoms with E-state index in [-0.39, 0.29) is 27.9 Å². The highest BCUT2D eigenvalue weighted by Crippen LogP contribution is 2.36. The lowest BCUT2D eigenvalue weighted by atomic mass is 9.99. The number of primary amides is 1. The van der Waals surface area contributed by atoms with Crippen LogP contribution in [-0.2, 0) is 13.0 Å². The number of pyridine rings is 1. The Kier molecular flexibility index (Phi) is 5.45. The number of hydrogen-bond donors (Lipinski definition) is 4. The number of nitrogens with one attached hydrogen (secondary N) is 3. The van der Waals surface area contributed by atoms with Gasteiger partial charge in [-0.1, -0.05) is 17.7 Å². The van der Waals surface area contributed by atoms with Gasteiger partial charge in [0.2, 0.25) is 0 Å². The van der Waals surface area contributed by atoms with Gasteiger partial charge in [-0.3, -0.25) is 9.59 Å². The van der Waals surface area contributed by atoms with Crippen LogP contribution >= 0.6 is 0 Å². The first-order chi connectivity index (χ1) is 18.3. The molecule has 9 nitrogen and oxygen atoms in total. The molecule has 0 fully saturated rings. The predicted octanol–water partition coefficient (Wildman–Crippen LogP) is 4.83. The predicted molar refractivity (Wildman–Crippen MR) is 143 cm³/mol. The molecule has 4 heterocycles. The third-order valence-corrected chi connectivity index (χ3v) is 6.84. The number of aromatic amines is 1. The first-order valence-corrected chi connectivity index (χ1v) is 12.1. The van der Waals surface area contributed by atoms with Gasteiger partial charge in [-0.15, -0.1) is 0 Å². The highest BCUT2D eigenvalue weighted by molar-refractivity contribution is 6.07. The Morgan fingerprint density at radius 2 is 1.95 bits per heavy atom. The summed E-state index contributed by atoms with van der Waals surface area (Å²) in [4.78, 5) is 33.0. The van der Waals surface area contributed by atoms with Gasteiger partial charge in [0.15, 0.2) is 0 Å². The van der Waals surface area contributed by atoms with Crippen molar-refractivity contribution in [2.75, 3.05) is 10.6 Å². The molecule has 0 aliphatic carbocycles. The molecule has 190 valence electrons. The molecule has 10 heteroatoms. The van der Waals surface area contributed by atoms with Crippen molar-refractivity contribution in [1.82, 2.24) is 19.7 Å². The number of anilines is 3. The zero-order valence-electron chi connectivity index (χ0n) is 20.7. The second-order valence-electron chi connectivity index (χ2n) is 9.36. The van der Waals surface area contributed by atoms with Crippen LogP contribution < -0.4 is 16.4 Å². The highest BCUT2D eigenvalue weighted by atomic mass is 19.1. The molecule has 0 unspecified atom stereocenters. The Hall–Kier alpha value is -4.99. The van der Waals surface area contributed by atoms with Gasteiger partial charge in [0.05, 0.1) is 11.0 Å². The maximum Gasteiger partial charge on any atom is 0.257 e. The number of aryl methyl sites for hydroxylation is 3. The number of H-pyrrole nitrogens is 1. The zero-order valence-corrected chi connectivity index (χ0v) is 20.7. The molecule has 0 atom stereocenters. The minimum Gasteiger partial charge on any atom is -0.365 e. The van der Waals surface area contributed by atoms with Crippen molar-refractivity contribution in [3.05, 3.63) is 88.4 Å². The van der Waals surface area contributed by atoms with Crippen molar-refractivity contribution < 1.29 is 14.0 Å². The van der Waals surface area contributed by atoms with E-state index in [0.29, 0.717) is 30.1 Å². The van der Waals surface area contributed by atoms with Crippen molar-refractivity contribution in [2.45, 2.75) is 26.8 Å². The third kappa shape index (κ3) is 3.86. The molecule has 0 saturated carbocycles. The van der Waals surface area contributed by atoms with Crippen molar-refractivity contribution in [3.8, 4) is 11.3 Å². The summed E-state index contributed by atoms with van der Waals surface area (Å²) in [5.74, 6) is -1.12. The van der Waals surface area contributed by atoms with Gasteiger partial charge in [-0.25, -0.2) is 14.1 Å². The van der Waals surface area contributed by atoms with E-state index in [9.17, 15) is 9.59 Å². The Labute approximate surface area is 216 Å². The molecule has 1 aliphatic heterocycles. The van der Waals surface area contributed by atoms with Gasteiger partial charge in [-0.2, -0.15) is 5.10 Å². The van der Waals surface area contributed by atoms with E-state index < -0.39 is 17.6 Å². The fourth-order valence-electron chi connectivity index (χ4n) is 4.88. The molecule has 2 amide bonds. The van der Waals surface area contributed by atoms with Crippen molar-refractivity contribution in [2.24, 2.45) is 5.73 Å². The van der Waals surface area contributed by atoms with Crippen LogP contribution in [0.15, 0.2) is 54.7 Å². The van der Waals surface area contributed by atoms with Crippen molar-refractivity contribution in [1.29, 1.82) is 0 Å². The summed E-state index contributed by atoms with van der Waals surface area (Å²) in [5, 5.41) is 10.6. The van der Waals surface area contributed by atoms with Crippen LogP contribution in [-0.4, -0.2) is 31.6 Å². The monoisotopic (exact) mass is 509 g/mol. The summed E-state index contributed by atoms with van der Waals surface area (Å²) in [7, 11) is 0. The average molecular weight is 510 g/mol. The minimum absolute atomic E-state index is 0.0891. The van der Waals surface area contributed by atoms with Crippen LogP contribution in [0.1, 0.15) is 37.4 Å². The Bertz CT molecular complexity index is 1770. The van der Waals surface area contributed by atoms with Gasteiger partial charge in [0.25, 0.3) is 11.8 Å². The second kappa shape index (κ2) is 8.84. The van der Waals surface area contributed by atoms with Gasteiger partial charge in [0.1, 0.15) is 28.7 Å². The molecule has 5 N–H and O–H groups in total. The molecular formula is C28H24FN7O2. The van der Waals surface area contributed by atoms with Crippen LogP contribution in [0, 0.1) is 19.7 Å². The third-order valence-electron chi connectivity index (χ3n) is 6.84. The van der Waals surface area contributed by atoms with Gasteiger partial charge < -0.3 is 21.4 Å². The molecule has 6 rings (SSSR count). The lowest BCUT2D eigenvalue weighted by Crippen LogP contribution is -2.16. The number of aromatic nitrogens is 4. The molecule has 5 aromatic rings. The number of amides is 2. The molecule has 0 spiro atoms. The van der Waals surface area contributed by atoms with Gasteiger partial charge >= 0.3 is 0 Å². The van der Waals surface area contributed by atoms with E-state index in [0.717, 1.165) is 22.3 Å². The number of rotatable bonds is 4. The molecule has 0 radical (unpaired) electrons. The summed E-state index contributed by atoms with van der Waals surface area (Å²) in [6.45, 7) is 4.01. The number of halogens is 1. The number of fused-ring (bicyclic) bond motifs is 3. The Morgan fingerprint density at radius 1 is 1.11 bits per heavy atom. The summed E-state index contributed by atoms with van der Waals surface area (Å²) in [5.41, 5.74) is 11.0. The fourth-order valence-corrected chi connectivity index (χ4v) is 4.88. The topological polar surface area (TPSA) is 131 Å². The van der Waals surface area contributed by atoms with Crippen LogP contribution in [0.5, 0.6) is 0 Å². The average Bonchev–Trinajstić information content (AvgIpc) is 3.45. The Morgan fingerprint density at radius 3 is 2.76 bits per heavy atom. The lowest BCUT2D eigenvalue weighted by molar-refractivity contribution is 0.0998.